The molecule has 88 valence electrons. The third-order valence-electron chi connectivity index (χ3n) is 3.06. The zero-order valence-electron chi connectivity index (χ0n) is 9.91. The fourth-order valence-electron chi connectivity index (χ4n) is 2.25. The van der Waals surface area contributed by atoms with Crippen LogP contribution in [0.3, 0.4) is 0 Å². The third-order valence-corrected chi connectivity index (χ3v) is 3.27. The van der Waals surface area contributed by atoms with E-state index in [-0.39, 0.29) is 0 Å². The number of aryl methyl sites for hydroxylation is 2. The summed E-state index contributed by atoms with van der Waals surface area (Å²) in [6.45, 7) is 6.15. The molecule has 1 aliphatic rings. The van der Waals surface area contributed by atoms with Crippen LogP contribution >= 0.6 is 11.6 Å². The first-order valence-electron chi connectivity index (χ1n) is 5.82. The van der Waals surface area contributed by atoms with Crippen LogP contribution in [-0.2, 0) is 0 Å². The van der Waals surface area contributed by atoms with Gasteiger partial charge in [0.05, 0.1) is 0 Å². The number of anilines is 1. The summed E-state index contributed by atoms with van der Waals surface area (Å²) in [5.41, 5.74) is 2.09. The molecular weight excluding hydrogens is 222 g/mol. The van der Waals surface area contributed by atoms with Crippen molar-refractivity contribution in [1.82, 2.24) is 9.97 Å². The first-order valence-corrected chi connectivity index (χ1v) is 6.35. The minimum absolute atomic E-state index is 0.710. The summed E-state index contributed by atoms with van der Waals surface area (Å²) in [4.78, 5) is 11.3. The van der Waals surface area contributed by atoms with Gasteiger partial charge in [-0.2, -0.15) is 0 Å². The van der Waals surface area contributed by atoms with Crippen molar-refractivity contribution >= 4 is 17.5 Å². The number of hydrogen-bond donors (Lipinski definition) is 0. The standard InChI is InChI=1S/C12H18ClN3/c1-9-7-10(2)15-12(14-9)16-6-4-11(8-16)3-5-13/h7,11H,3-6,8H2,1-2H3. The van der Waals surface area contributed by atoms with Crippen LogP contribution in [0.15, 0.2) is 6.07 Å². The number of hydrogen-bond acceptors (Lipinski definition) is 3. The van der Waals surface area contributed by atoms with E-state index in [9.17, 15) is 0 Å². The lowest BCUT2D eigenvalue weighted by Gasteiger charge is -2.17. The molecule has 0 aliphatic carbocycles. The molecule has 0 spiro atoms. The maximum atomic E-state index is 5.78. The molecule has 1 aliphatic heterocycles. The number of alkyl halides is 1. The predicted molar refractivity (Wildman–Crippen MR) is 67.2 cm³/mol. The van der Waals surface area contributed by atoms with Crippen molar-refractivity contribution < 1.29 is 0 Å². The summed E-state index contributed by atoms with van der Waals surface area (Å²) >= 11 is 5.78. The van der Waals surface area contributed by atoms with Crippen LogP contribution in [-0.4, -0.2) is 28.9 Å². The Morgan fingerprint density at radius 3 is 2.69 bits per heavy atom. The molecule has 0 aromatic carbocycles. The van der Waals surface area contributed by atoms with Crippen molar-refractivity contribution in [2.24, 2.45) is 5.92 Å². The summed E-state index contributed by atoms with van der Waals surface area (Å²) < 4.78 is 0. The maximum Gasteiger partial charge on any atom is 0.225 e. The summed E-state index contributed by atoms with van der Waals surface area (Å²) in [7, 11) is 0. The van der Waals surface area contributed by atoms with Crippen molar-refractivity contribution in [3.05, 3.63) is 17.5 Å². The van der Waals surface area contributed by atoms with E-state index in [0.29, 0.717) is 5.92 Å². The molecular formula is C12H18ClN3. The minimum Gasteiger partial charge on any atom is -0.341 e. The first kappa shape index (κ1) is 11.6. The van der Waals surface area contributed by atoms with Gasteiger partial charge in [-0.15, -0.1) is 11.6 Å². The Hall–Kier alpha value is -0.830. The molecule has 2 rings (SSSR count). The van der Waals surface area contributed by atoms with Gasteiger partial charge in [-0.25, -0.2) is 9.97 Å². The van der Waals surface area contributed by atoms with E-state index in [1.165, 1.54) is 6.42 Å². The van der Waals surface area contributed by atoms with Crippen molar-refractivity contribution in [2.45, 2.75) is 26.7 Å². The second-order valence-electron chi connectivity index (χ2n) is 4.53. The lowest BCUT2D eigenvalue weighted by Crippen LogP contribution is -2.22. The van der Waals surface area contributed by atoms with Gasteiger partial charge < -0.3 is 4.90 Å². The second-order valence-corrected chi connectivity index (χ2v) is 4.91. The van der Waals surface area contributed by atoms with Gasteiger partial charge in [-0.1, -0.05) is 0 Å². The van der Waals surface area contributed by atoms with E-state index in [4.69, 9.17) is 11.6 Å². The highest BCUT2D eigenvalue weighted by Crippen LogP contribution is 2.23. The SMILES string of the molecule is Cc1cc(C)nc(N2CCC(CCCl)C2)n1. The Kier molecular flexibility index (Phi) is 3.64. The fraction of sp³-hybridized carbons (Fsp3) is 0.667. The van der Waals surface area contributed by atoms with Crippen molar-refractivity contribution in [3.8, 4) is 0 Å². The zero-order valence-corrected chi connectivity index (χ0v) is 10.7. The van der Waals surface area contributed by atoms with Gasteiger partial charge in [0, 0.05) is 30.4 Å². The molecule has 0 N–H and O–H groups in total. The largest absolute Gasteiger partial charge is 0.341 e. The van der Waals surface area contributed by atoms with Gasteiger partial charge >= 0.3 is 0 Å². The fourth-order valence-corrected chi connectivity index (χ4v) is 2.56. The molecule has 3 nitrogen and oxygen atoms in total. The molecule has 4 heteroatoms. The predicted octanol–water partition coefficient (Wildman–Crippen LogP) is 2.55. The third kappa shape index (κ3) is 2.64. The molecule has 0 saturated carbocycles. The first-order chi connectivity index (χ1) is 7.69. The molecule has 16 heavy (non-hydrogen) atoms. The van der Waals surface area contributed by atoms with E-state index in [2.05, 4.69) is 14.9 Å². The smallest absolute Gasteiger partial charge is 0.225 e. The van der Waals surface area contributed by atoms with Crippen LogP contribution in [0.2, 0.25) is 0 Å². The molecule has 1 fully saturated rings. The van der Waals surface area contributed by atoms with E-state index in [1.807, 2.05) is 19.9 Å². The van der Waals surface area contributed by atoms with Gasteiger partial charge in [-0.3, -0.25) is 0 Å². The highest BCUT2D eigenvalue weighted by Gasteiger charge is 2.23. The van der Waals surface area contributed by atoms with Crippen LogP contribution in [0.25, 0.3) is 0 Å². The molecule has 2 heterocycles. The number of nitrogens with zero attached hydrogens (tertiary/aromatic N) is 3. The lowest BCUT2D eigenvalue weighted by atomic mass is 10.1. The molecule has 0 radical (unpaired) electrons. The highest BCUT2D eigenvalue weighted by atomic mass is 35.5. The summed E-state index contributed by atoms with van der Waals surface area (Å²) in [5.74, 6) is 2.35. The topological polar surface area (TPSA) is 29.0 Å². The number of halogens is 1. The summed E-state index contributed by atoms with van der Waals surface area (Å²) in [6, 6.07) is 2.01. The van der Waals surface area contributed by atoms with E-state index >= 15 is 0 Å². The Bertz CT molecular complexity index is 347. The highest BCUT2D eigenvalue weighted by molar-refractivity contribution is 6.17. The van der Waals surface area contributed by atoms with Crippen LogP contribution < -0.4 is 4.90 Å². The van der Waals surface area contributed by atoms with Gasteiger partial charge in [-0.05, 0) is 38.7 Å². The van der Waals surface area contributed by atoms with E-state index in [0.717, 1.165) is 42.7 Å². The van der Waals surface area contributed by atoms with Crippen molar-refractivity contribution in [1.29, 1.82) is 0 Å². The van der Waals surface area contributed by atoms with Gasteiger partial charge in [0.1, 0.15) is 0 Å². The van der Waals surface area contributed by atoms with Gasteiger partial charge in [0.2, 0.25) is 5.95 Å². The normalized spacial score (nSPS) is 20.4. The lowest BCUT2D eigenvalue weighted by molar-refractivity contribution is 0.571. The summed E-state index contributed by atoms with van der Waals surface area (Å²) in [6.07, 6.45) is 2.31. The monoisotopic (exact) mass is 239 g/mol. The average Bonchev–Trinajstić information content (AvgIpc) is 2.65. The molecule has 1 aromatic heterocycles. The van der Waals surface area contributed by atoms with Gasteiger partial charge in [0.25, 0.3) is 0 Å². The minimum atomic E-state index is 0.710. The number of aromatic nitrogens is 2. The molecule has 1 saturated heterocycles. The molecule has 1 aromatic rings. The Morgan fingerprint density at radius 1 is 1.38 bits per heavy atom. The zero-order chi connectivity index (χ0) is 11.5. The Morgan fingerprint density at radius 2 is 2.06 bits per heavy atom. The second kappa shape index (κ2) is 5.00. The Labute approximate surface area is 102 Å². The maximum absolute atomic E-state index is 5.78. The quantitative estimate of drug-likeness (QED) is 0.760. The number of rotatable bonds is 3. The average molecular weight is 240 g/mol. The van der Waals surface area contributed by atoms with E-state index < -0.39 is 0 Å². The van der Waals surface area contributed by atoms with Crippen LogP contribution in [0.4, 0.5) is 5.95 Å². The summed E-state index contributed by atoms with van der Waals surface area (Å²) in [5, 5.41) is 0. The van der Waals surface area contributed by atoms with Crippen molar-refractivity contribution in [3.63, 3.8) is 0 Å². The van der Waals surface area contributed by atoms with Crippen LogP contribution in [0.1, 0.15) is 24.2 Å². The Balaban J connectivity index is 2.08. The van der Waals surface area contributed by atoms with Gasteiger partial charge in [0.15, 0.2) is 0 Å². The molecule has 0 amide bonds. The van der Waals surface area contributed by atoms with Crippen LogP contribution in [0.5, 0.6) is 0 Å². The molecule has 1 unspecified atom stereocenters. The molecule has 0 bridgehead atoms. The van der Waals surface area contributed by atoms with Crippen LogP contribution in [0, 0.1) is 19.8 Å². The molecule has 1 atom stereocenters. The van der Waals surface area contributed by atoms with Crippen molar-refractivity contribution in [2.75, 3.05) is 23.9 Å². The van der Waals surface area contributed by atoms with E-state index in [1.54, 1.807) is 0 Å².